The molecule has 0 spiro atoms. The van der Waals surface area contributed by atoms with Crippen LogP contribution in [-0.4, -0.2) is 43.9 Å². The molecule has 2 aromatic rings. The summed E-state index contributed by atoms with van der Waals surface area (Å²) in [5.74, 6) is -0.0892. The number of benzene rings is 1. The van der Waals surface area contributed by atoms with Gasteiger partial charge in [-0.25, -0.2) is 0 Å². The quantitative estimate of drug-likeness (QED) is 0.811. The first kappa shape index (κ1) is 18.6. The first-order chi connectivity index (χ1) is 12.8. The lowest BCUT2D eigenvalue weighted by Crippen LogP contribution is -2.34. The molecule has 0 bridgehead atoms. The van der Waals surface area contributed by atoms with E-state index in [1.807, 2.05) is 6.07 Å². The van der Waals surface area contributed by atoms with E-state index in [1.165, 1.54) is 4.88 Å². The third kappa shape index (κ3) is 3.66. The van der Waals surface area contributed by atoms with E-state index in [4.69, 9.17) is 9.47 Å². The van der Waals surface area contributed by atoms with Gasteiger partial charge in [0.2, 0.25) is 0 Å². The minimum Gasteiger partial charge on any atom is -0.348 e. The Labute approximate surface area is 162 Å². The molecule has 1 aliphatic carbocycles. The summed E-state index contributed by atoms with van der Waals surface area (Å²) in [6.07, 6.45) is 2.45. The summed E-state index contributed by atoms with van der Waals surface area (Å²) < 4.78 is 11.7. The van der Waals surface area contributed by atoms with Gasteiger partial charge in [-0.2, -0.15) is 0 Å². The number of carbonyl (C=O) groups is 1. The van der Waals surface area contributed by atoms with E-state index in [0.717, 1.165) is 34.9 Å². The molecule has 0 saturated carbocycles. The number of hydrogen-bond acceptors (Lipinski definition) is 5. The van der Waals surface area contributed by atoms with Crippen LogP contribution in [0.15, 0.2) is 23.0 Å². The summed E-state index contributed by atoms with van der Waals surface area (Å²) >= 11 is 1.66. The van der Waals surface area contributed by atoms with Crippen molar-refractivity contribution in [3.63, 3.8) is 0 Å². The van der Waals surface area contributed by atoms with Gasteiger partial charge in [0.25, 0.3) is 5.91 Å². The van der Waals surface area contributed by atoms with E-state index in [2.05, 4.69) is 13.8 Å². The second-order valence-corrected chi connectivity index (χ2v) is 9.38. The van der Waals surface area contributed by atoms with E-state index >= 15 is 0 Å². The zero-order chi connectivity index (χ0) is 19.2. The zero-order valence-electron chi connectivity index (χ0n) is 16.0. The molecule has 6 heteroatoms. The number of fused-ring (bicyclic) bond motifs is 2. The number of ether oxygens (including phenoxy) is 2. The van der Waals surface area contributed by atoms with E-state index in [1.54, 1.807) is 35.4 Å². The first-order valence-electron chi connectivity index (χ1n) is 9.41. The summed E-state index contributed by atoms with van der Waals surface area (Å²) in [6, 6.07) is 5.42. The molecule has 1 aromatic carbocycles. The Balaban J connectivity index is 1.65. The molecule has 1 fully saturated rings. The summed E-state index contributed by atoms with van der Waals surface area (Å²) in [6.45, 7) is 6.03. The van der Waals surface area contributed by atoms with Crippen LogP contribution in [0, 0.1) is 5.41 Å². The maximum atomic E-state index is 12.9. The Bertz CT molecular complexity index is 943. The zero-order valence-corrected chi connectivity index (χ0v) is 16.9. The number of amides is 1. The van der Waals surface area contributed by atoms with Gasteiger partial charge in [-0.3, -0.25) is 9.59 Å². The van der Waals surface area contributed by atoms with Crippen molar-refractivity contribution in [2.24, 2.45) is 5.41 Å². The molecule has 27 heavy (non-hydrogen) atoms. The van der Waals surface area contributed by atoms with E-state index in [-0.39, 0.29) is 23.0 Å². The number of hydrogen-bond donors (Lipinski definition) is 0. The second kappa shape index (κ2) is 7.00. The summed E-state index contributed by atoms with van der Waals surface area (Å²) in [5.41, 5.74) is 1.92. The van der Waals surface area contributed by atoms with Crippen molar-refractivity contribution in [1.82, 2.24) is 4.90 Å². The van der Waals surface area contributed by atoms with Crippen molar-refractivity contribution < 1.29 is 14.3 Å². The Morgan fingerprint density at radius 2 is 2.04 bits per heavy atom. The van der Waals surface area contributed by atoms with E-state index in [0.29, 0.717) is 25.3 Å². The van der Waals surface area contributed by atoms with Gasteiger partial charge in [0.15, 0.2) is 11.7 Å². The van der Waals surface area contributed by atoms with Crippen LogP contribution in [-0.2, 0) is 22.3 Å². The molecule has 2 heterocycles. The molecule has 1 amide bonds. The lowest BCUT2D eigenvalue weighted by atomic mass is 9.77. The SMILES string of the molecule is CN(CC1OCCO1)C(=O)c1ccc2c(=O)c3c(sc2c1)CC(C)(C)CC3. The Hall–Kier alpha value is -1.76. The predicted octanol–water partition coefficient (Wildman–Crippen LogP) is 3.22. The Morgan fingerprint density at radius 3 is 2.78 bits per heavy atom. The fraction of sp³-hybridized carbons (Fsp3) is 0.524. The van der Waals surface area contributed by atoms with Gasteiger partial charge in [-0.1, -0.05) is 13.8 Å². The third-order valence-electron chi connectivity index (χ3n) is 5.47. The highest BCUT2D eigenvalue weighted by atomic mass is 32.1. The lowest BCUT2D eigenvalue weighted by molar-refractivity contribution is -0.0543. The monoisotopic (exact) mass is 387 g/mol. The Kier molecular flexibility index (Phi) is 4.82. The van der Waals surface area contributed by atoms with Crippen LogP contribution in [0.25, 0.3) is 10.1 Å². The van der Waals surface area contributed by atoms with Crippen LogP contribution in [0.4, 0.5) is 0 Å². The molecule has 4 rings (SSSR count). The lowest BCUT2D eigenvalue weighted by Gasteiger charge is -2.30. The highest BCUT2D eigenvalue weighted by Crippen LogP contribution is 2.37. The van der Waals surface area contributed by atoms with Crippen LogP contribution < -0.4 is 5.43 Å². The smallest absolute Gasteiger partial charge is 0.253 e. The maximum absolute atomic E-state index is 12.9. The highest BCUT2D eigenvalue weighted by Gasteiger charge is 2.28. The molecular weight excluding hydrogens is 362 g/mol. The van der Waals surface area contributed by atoms with Gasteiger partial charge in [-0.15, -0.1) is 11.3 Å². The fourth-order valence-corrected chi connectivity index (χ4v) is 5.34. The second-order valence-electron chi connectivity index (χ2n) is 8.24. The minimum atomic E-state index is -0.357. The van der Waals surface area contributed by atoms with Crippen LogP contribution in [0.2, 0.25) is 0 Å². The molecular formula is C21H25NO4S. The maximum Gasteiger partial charge on any atom is 0.253 e. The number of carbonyl (C=O) groups excluding carboxylic acids is 1. The highest BCUT2D eigenvalue weighted by molar-refractivity contribution is 7.18. The van der Waals surface area contributed by atoms with Crippen molar-refractivity contribution in [3.8, 4) is 0 Å². The average Bonchev–Trinajstić information content (AvgIpc) is 3.12. The van der Waals surface area contributed by atoms with Crippen LogP contribution in [0.1, 0.15) is 41.1 Å². The number of rotatable bonds is 3. The molecule has 5 nitrogen and oxygen atoms in total. The molecule has 0 unspecified atom stereocenters. The van der Waals surface area contributed by atoms with Gasteiger partial charge in [0.1, 0.15) is 0 Å². The van der Waals surface area contributed by atoms with Crippen molar-refractivity contribution >= 4 is 27.3 Å². The van der Waals surface area contributed by atoms with Crippen LogP contribution in [0.3, 0.4) is 0 Å². The van der Waals surface area contributed by atoms with Crippen molar-refractivity contribution in [2.75, 3.05) is 26.8 Å². The summed E-state index contributed by atoms with van der Waals surface area (Å²) in [5, 5.41) is 0.722. The van der Waals surface area contributed by atoms with Crippen LogP contribution in [0.5, 0.6) is 0 Å². The topological polar surface area (TPSA) is 55.8 Å². The van der Waals surface area contributed by atoms with Gasteiger partial charge >= 0.3 is 0 Å². The fourth-order valence-electron chi connectivity index (χ4n) is 3.83. The van der Waals surface area contributed by atoms with Crippen molar-refractivity contribution in [3.05, 3.63) is 44.4 Å². The number of likely N-dealkylation sites (N-methyl/N-ethyl adjacent to an activating group) is 1. The molecule has 1 aromatic heterocycles. The Morgan fingerprint density at radius 1 is 1.30 bits per heavy atom. The molecule has 0 N–H and O–H groups in total. The van der Waals surface area contributed by atoms with Crippen molar-refractivity contribution in [2.45, 2.75) is 39.4 Å². The van der Waals surface area contributed by atoms with Gasteiger partial charge in [0.05, 0.1) is 19.8 Å². The normalized spacial score (nSPS) is 19.2. The third-order valence-corrected chi connectivity index (χ3v) is 6.66. The van der Waals surface area contributed by atoms with Crippen LogP contribution >= 0.6 is 11.3 Å². The largest absolute Gasteiger partial charge is 0.348 e. The molecule has 0 atom stereocenters. The minimum absolute atomic E-state index is 0.0892. The number of nitrogens with zero attached hydrogens (tertiary/aromatic N) is 1. The van der Waals surface area contributed by atoms with Gasteiger partial charge < -0.3 is 14.4 Å². The predicted molar refractivity (Wildman–Crippen MR) is 107 cm³/mol. The summed E-state index contributed by atoms with van der Waals surface area (Å²) in [7, 11) is 1.75. The average molecular weight is 388 g/mol. The molecule has 1 aliphatic heterocycles. The summed E-state index contributed by atoms with van der Waals surface area (Å²) in [4.78, 5) is 28.5. The van der Waals surface area contributed by atoms with Crippen molar-refractivity contribution in [1.29, 1.82) is 0 Å². The standard InChI is InChI=1S/C21H25NO4S/c1-21(2)7-6-15-17(11-21)27-16-10-13(4-5-14(16)19(15)23)20(24)22(3)12-18-25-8-9-26-18/h4-5,10,18H,6-9,11-12H2,1-3H3. The van der Waals surface area contributed by atoms with Gasteiger partial charge in [0, 0.05) is 33.1 Å². The van der Waals surface area contributed by atoms with E-state index in [9.17, 15) is 9.59 Å². The molecule has 0 radical (unpaired) electrons. The van der Waals surface area contributed by atoms with Gasteiger partial charge in [-0.05, 0) is 42.9 Å². The molecule has 2 aliphatic rings. The molecule has 144 valence electrons. The van der Waals surface area contributed by atoms with E-state index < -0.39 is 0 Å². The molecule has 1 saturated heterocycles. The first-order valence-corrected chi connectivity index (χ1v) is 10.2.